The van der Waals surface area contributed by atoms with E-state index in [0.29, 0.717) is 19.6 Å². The summed E-state index contributed by atoms with van der Waals surface area (Å²) in [6.45, 7) is 0.925. The molecular weight excluding hydrogens is 356 g/mol. The second-order valence-electron chi connectivity index (χ2n) is 6.33. The Morgan fingerprint density at radius 3 is 1.74 bits per heavy atom. The Morgan fingerprint density at radius 1 is 0.696 bits per heavy atom. The first-order valence-corrected chi connectivity index (χ1v) is 10.8. The molecule has 0 bridgehead atoms. The highest BCUT2D eigenvalue weighted by atomic mass is 79.9. The quantitative estimate of drug-likeness (QED) is 0.183. The lowest BCUT2D eigenvalue weighted by Crippen LogP contribution is -2.05. The number of rotatable bonds is 18. The van der Waals surface area contributed by atoms with Crippen LogP contribution in [0.15, 0.2) is 0 Å². The number of hydrogen-bond acceptors (Lipinski definition) is 3. The summed E-state index contributed by atoms with van der Waals surface area (Å²) in [6, 6.07) is 0. The maximum absolute atomic E-state index is 11.5. The van der Waals surface area contributed by atoms with E-state index in [1.807, 2.05) is 0 Å². The number of halogens is 1. The maximum atomic E-state index is 11.5. The van der Waals surface area contributed by atoms with Gasteiger partial charge in [-0.05, 0) is 25.7 Å². The first-order valence-electron chi connectivity index (χ1n) is 9.63. The molecule has 0 heterocycles. The highest BCUT2D eigenvalue weighted by molar-refractivity contribution is 9.09. The second kappa shape index (κ2) is 20.0. The molecule has 0 atom stereocenters. The van der Waals surface area contributed by atoms with Crippen molar-refractivity contribution in [2.24, 2.45) is 0 Å². The van der Waals surface area contributed by atoms with Gasteiger partial charge in [0.25, 0.3) is 0 Å². The van der Waals surface area contributed by atoms with Crippen molar-refractivity contribution in [1.29, 1.82) is 0 Å². The van der Waals surface area contributed by atoms with Crippen molar-refractivity contribution in [3.8, 4) is 0 Å². The van der Waals surface area contributed by atoms with E-state index in [9.17, 15) is 4.79 Å². The molecule has 3 nitrogen and oxygen atoms in total. The van der Waals surface area contributed by atoms with Gasteiger partial charge in [0.2, 0.25) is 0 Å². The van der Waals surface area contributed by atoms with Gasteiger partial charge in [-0.3, -0.25) is 4.79 Å². The minimum atomic E-state index is -0.0191. The molecule has 4 heteroatoms. The van der Waals surface area contributed by atoms with Crippen LogP contribution in [0.4, 0.5) is 0 Å². The van der Waals surface area contributed by atoms with Crippen molar-refractivity contribution < 1.29 is 14.6 Å². The van der Waals surface area contributed by atoms with Crippen molar-refractivity contribution >= 4 is 21.9 Å². The molecule has 0 radical (unpaired) electrons. The minimum absolute atomic E-state index is 0.0191. The van der Waals surface area contributed by atoms with Crippen molar-refractivity contribution in [1.82, 2.24) is 0 Å². The van der Waals surface area contributed by atoms with Crippen LogP contribution in [0.5, 0.6) is 0 Å². The maximum Gasteiger partial charge on any atom is 0.305 e. The van der Waals surface area contributed by atoms with Gasteiger partial charge in [0.1, 0.15) is 0 Å². The molecule has 0 aliphatic rings. The molecule has 0 saturated heterocycles. The molecule has 1 N–H and O–H groups in total. The highest BCUT2D eigenvalue weighted by Crippen LogP contribution is 2.10. The zero-order valence-corrected chi connectivity index (χ0v) is 16.5. The molecule has 0 saturated carbocycles. The fraction of sp³-hybridized carbons (Fsp3) is 0.947. The predicted octanol–water partition coefficient (Wildman–Crippen LogP) is 5.77. The summed E-state index contributed by atoms with van der Waals surface area (Å²) in [5.74, 6) is -0.0191. The summed E-state index contributed by atoms with van der Waals surface area (Å²) in [7, 11) is 0. The Labute approximate surface area is 151 Å². The van der Waals surface area contributed by atoms with Crippen LogP contribution in [0.2, 0.25) is 0 Å². The van der Waals surface area contributed by atoms with Gasteiger partial charge in [-0.15, -0.1) is 0 Å². The third kappa shape index (κ3) is 19.9. The van der Waals surface area contributed by atoms with Crippen LogP contribution in [0.1, 0.15) is 96.3 Å². The Hall–Kier alpha value is -0.0900. The van der Waals surface area contributed by atoms with Gasteiger partial charge in [0.15, 0.2) is 0 Å². The average Bonchev–Trinajstić information content (AvgIpc) is 2.56. The molecule has 0 aromatic heterocycles. The van der Waals surface area contributed by atoms with E-state index in [4.69, 9.17) is 9.84 Å². The summed E-state index contributed by atoms with van der Waals surface area (Å²) in [5, 5.41) is 9.76. The van der Waals surface area contributed by atoms with E-state index in [1.165, 1.54) is 51.4 Å². The number of carbonyl (C=O) groups excluding carboxylic acids is 1. The minimum Gasteiger partial charge on any atom is -0.466 e. The molecular formula is C19H37BrO3. The standard InChI is InChI=1S/C19H37BrO3/c20-16-12-8-6-7-11-15-19(22)23-18-14-10-5-3-1-2-4-9-13-17-21/h21H,1-18H2. The molecule has 0 spiro atoms. The number of carbonyl (C=O) groups is 1. The monoisotopic (exact) mass is 392 g/mol. The second-order valence-corrected chi connectivity index (χ2v) is 7.13. The molecule has 0 rings (SSSR count). The average molecular weight is 393 g/mol. The van der Waals surface area contributed by atoms with Gasteiger partial charge in [-0.2, -0.15) is 0 Å². The molecule has 0 unspecified atom stereocenters. The van der Waals surface area contributed by atoms with Gasteiger partial charge in [0, 0.05) is 18.4 Å². The van der Waals surface area contributed by atoms with Crippen LogP contribution < -0.4 is 0 Å². The Balaban J connectivity index is 3.11. The van der Waals surface area contributed by atoms with Crippen LogP contribution in [0.3, 0.4) is 0 Å². The fourth-order valence-electron chi connectivity index (χ4n) is 2.60. The van der Waals surface area contributed by atoms with E-state index in [1.54, 1.807) is 0 Å². The third-order valence-corrected chi connectivity index (χ3v) is 4.64. The number of aliphatic hydroxyl groups excluding tert-OH is 1. The Morgan fingerprint density at radius 2 is 1.17 bits per heavy atom. The lowest BCUT2D eigenvalue weighted by molar-refractivity contribution is -0.143. The van der Waals surface area contributed by atoms with Crippen molar-refractivity contribution in [2.45, 2.75) is 96.3 Å². The number of esters is 1. The largest absolute Gasteiger partial charge is 0.466 e. The Bertz CT molecular complexity index is 247. The molecule has 0 aliphatic carbocycles. The van der Waals surface area contributed by atoms with Crippen LogP contribution >= 0.6 is 15.9 Å². The number of aliphatic hydroxyl groups is 1. The SMILES string of the molecule is O=C(CCCCCCCBr)OCCCCCCCCCCCO. The molecule has 23 heavy (non-hydrogen) atoms. The van der Waals surface area contributed by atoms with E-state index < -0.39 is 0 Å². The van der Waals surface area contributed by atoms with Crippen LogP contribution in [0, 0.1) is 0 Å². The zero-order chi connectivity index (χ0) is 17.0. The third-order valence-electron chi connectivity index (χ3n) is 4.08. The normalized spacial score (nSPS) is 10.9. The molecule has 0 amide bonds. The number of alkyl halides is 1. The molecule has 0 aliphatic heterocycles. The van der Waals surface area contributed by atoms with Gasteiger partial charge in [-0.25, -0.2) is 0 Å². The van der Waals surface area contributed by atoms with Crippen LogP contribution in [-0.4, -0.2) is 29.6 Å². The fourth-order valence-corrected chi connectivity index (χ4v) is 3.00. The highest BCUT2D eigenvalue weighted by Gasteiger charge is 2.02. The van der Waals surface area contributed by atoms with Crippen molar-refractivity contribution in [2.75, 3.05) is 18.5 Å². The summed E-state index contributed by atoms with van der Waals surface area (Å²) >= 11 is 3.43. The predicted molar refractivity (Wildman–Crippen MR) is 101 cm³/mol. The lowest BCUT2D eigenvalue weighted by atomic mass is 10.1. The summed E-state index contributed by atoms with van der Waals surface area (Å²) in [6.07, 6.45) is 17.0. The summed E-state index contributed by atoms with van der Waals surface area (Å²) < 4.78 is 5.27. The number of hydrogen-bond donors (Lipinski definition) is 1. The lowest BCUT2D eigenvalue weighted by Gasteiger charge is -2.05. The van der Waals surface area contributed by atoms with E-state index in [-0.39, 0.29) is 5.97 Å². The van der Waals surface area contributed by atoms with Gasteiger partial charge in [0.05, 0.1) is 6.61 Å². The smallest absolute Gasteiger partial charge is 0.305 e. The van der Waals surface area contributed by atoms with Crippen molar-refractivity contribution in [3.05, 3.63) is 0 Å². The first kappa shape index (κ1) is 22.9. The molecule has 0 aromatic rings. The summed E-state index contributed by atoms with van der Waals surface area (Å²) in [4.78, 5) is 11.5. The van der Waals surface area contributed by atoms with Crippen molar-refractivity contribution in [3.63, 3.8) is 0 Å². The van der Waals surface area contributed by atoms with E-state index >= 15 is 0 Å². The first-order chi connectivity index (χ1) is 11.3. The zero-order valence-electron chi connectivity index (χ0n) is 14.9. The van der Waals surface area contributed by atoms with Crippen LogP contribution in [0.25, 0.3) is 0 Å². The topological polar surface area (TPSA) is 46.5 Å². The van der Waals surface area contributed by atoms with Gasteiger partial charge < -0.3 is 9.84 Å². The number of unbranched alkanes of at least 4 members (excludes halogenated alkanes) is 12. The van der Waals surface area contributed by atoms with Gasteiger partial charge in [-0.1, -0.05) is 80.1 Å². The molecule has 0 aromatic carbocycles. The molecule has 138 valence electrons. The van der Waals surface area contributed by atoms with Gasteiger partial charge >= 0.3 is 5.97 Å². The number of ether oxygens (including phenoxy) is 1. The van der Waals surface area contributed by atoms with Crippen LogP contribution in [-0.2, 0) is 9.53 Å². The Kier molecular flexibility index (Phi) is 19.9. The summed E-state index contributed by atoms with van der Waals surface area (Å²) in [5.41, 5.74) is 0. The molecule has 0 fully saturated rings. The van der Waals surface area contributed by atoms with E-state index in [0.717, 1.165) is 43.9 Å². The van der Waals surface area contributed by atoms with E-state index in [2.05, 4.69) is 15.9 Å².